The van der Waals surface area contributed by atoms with E-state index in [9.17, 15) is 4.79 Å². The molecule has 3 aliphatic heterocycles. The highest BCUT2D eigenvalue weighted by Gasteiger charge is 2.48. The molecular formula is C22H20N4O. The van der Waals surface area contributed by atoms with Crippen LogP contribution >= 0.6 is 0 Å². The van der Waals surface area contributed by atoms with Crippen LogP contribution in [0.4, 0.5) is 5.69 Å². The zero-order chi connectivity index (χ0) is 18.7. The van der Waals surface area contributed by atoms with Gasteiger partial charge >= 0.3 is 0 Å². The third-order valence-corrected chi connectivity index (χ3v) is 6.59. The first-order chi connectivity index (χ1) is 12.8. The third kappa shape index (κ3) is 1.52. The standard InChI is InChI=1S/C22H20N4O/c1-21(2)15-10-6-8-13-17-19-16-12(11-25(18(13)15)20(21)27)7-5-9-14(16)22(3,4)26(19)24-23-17/h5-10H,11H2,1-4H3. The van der Waals surface area contributed by atoms with E-state index in [2.05, 4.69) is 54.5 Å². The van der Waals surface area contributed by atoms with E-state index >= 15 is 0 Å². The molecule has 3 aliphatic rings. The van der Waals surface area contributed by atoms with Crippen LogP contribution in [0.5, 0.6) is 0 Å². The molecule has 0 spiro atoms. The summed E-state index contributed by atoms with van der Waals surface area (Å²) in [6.07, 6.45) is 0. The Morgan fingerprint density at radius 1 is 1.00 bits per heavy atom. The molecule has 0 saturated heterocycles. The van der Waals surface area contributed by atoms with E-state index in [1.165, 1.54) is 11.1 Å². The smallest absolute Gasteiger partial charge is 0.237 e. The average Bonchev–Trinajstić information content (AvgIpc) is 3.21. The van der Waals surface area contributed by atoms with Gasteiger partial charge in [0, 0.05) is 11.1 Å². The molecule has 4 heterocycles. The minimum absolute atomic E-state index is 0.149. The van der Waals surface area contributed by atoms with Crippen molar-refractivity contribution in [1.82, 2.24) is 15.0 Å². The van der Waals surface area contributed by atoms with E-state index in [0.717, 1.165) is 33.8 Å². The Morgan fingerprint density at radius 2 is 1.74 bits per heavy atom. The minimum Gasteiger partial charge on any atom is -0.306 e. The molecule has 0 atom stereocenters. The lowest BCUT2D eigenvalue weighted by Gasteiger charge is -2.25. The molecule has 2 aromatic carbocycles. The van der Waals surface area contributed by atoms with Gasteiger partial charge in [-0.15, -0.1) is 5.10 Å². The van der Waals surface area contributed by atoms with Gasteiger partial charge in [0.05, 0.1) is 28.9 Å². The van der Waals surface area contributed by atoms with Crippen LogP contribution in [0, 0.1) is 0 Å². The number of benzene rings is 2. The fraction of sp³-hybridized carbons (Fsp3) is 0.318. The zero-order valence-corrected chi connectivity index (χ0v) is 15.9. The number of hydrogen-bond donors (Lipinski definition) is 0. The molecule has 5 nitrogen and oxygen atoms in total. The molecule has 134 valence electrons. The van der Waals surface area contributed by atoms with Gasteiger partial charge in [0.25, 0.3) is 0 Å². The van der Waals surface area contributed by atoms with Crippen molar-refractivity contribution in [3.05, 3.63) is 53.1 Å². The van der Waals surface area contributed by atoms with Gasteiger partial charge in [0.15, 0.2) is 0 Å². The van der Waals surface area contributed by atoms with Crippen LogP contribution < -0.4 is 4.90 Å². The van der Waals surface area contributed by atoms with E-state index < -0.39 is 5.41 Å². The van der Waals surface area contributed by atoms with E-state index in [1.54, 1.807) is 0 Å². The zero-order valence-electron chi connectivity index (χ0n) is 15.9. The van der Waals surface area contributed by atoms with Crippen LogP contribution in [0.1, 0.15) is 44.4 Å². The monoisotopic (exact) mass is 356 g/mol. The number of nitrogens with zero attached hydrogens (tertiary/aromatic N) is 4. The quantitative estimate of drug-likeness (QED) is 0.615. The fourth-order valence-electron chi connectivity index (χ4n) is 5.12. The Labute approximate surface area is 157 Å². The predicted octanol–water partition coefficient (Wildman–Crippen LogP) is 3.85. The van der Waals surface area contributed by atoms with E-state index in [-0.39, 0.29) is 11.4 Å². The van der Waals surface area contributed by atoms with Crippen molar-refractivity contribution in [2.24, 2.45) is 0 Å². The lowest BCUT2D eigenvalue weighted by molar-refractivity contribution is -0.122. The maximum Gasteiger partial charge on any atom is 0.237 e. The number of para-hydroxylation sites is 1. The maximum atomic E-state index is 13.3. The first kappa shape index (κ1) is 15.1. The Hall–Kier alpha value is -2.95. The normalized spacial score (nSPS) is 19.6. The number of carbonyl (C=O) groups excluding carboxylic acids is 1. The highest BCUT2D eigenvalue weighted by molar-refractivity contribution is 6.12. The van der Waals surface area contributed by atoms with Gasteiger partial charge in [-0.3, -0.25) is 4.79 Å². The second-order valence-corrected chi connectivity index (χ2v) is 8.82. The van der Waals surface area contributed by atoms with Crippen molar-refractivity contribution in [3.8, 4) is 22.5 Å². The Morgan fingerprint density at radius 3 is 2.56 bits per heavy atom. The van der Waals surface area contributed by atoms with Gasteiger partial charge < -0.3 is 4.90 Å². The average molecular weight is 356 g/mol. The Balaban J connectivity index is 1.80. The van der Waals surface area contributed by atoms with Crippen LogP contribution in [-0.2, 0) is 22.3 Å². The number of aromatic nitrogens is 3. The fourth-order valence-corrected chi connectivity index (χ4v) is 5.12. The predicted molar refractivity (Wildman–Crippen MR) is 104 cm³/mol. The van der Waals surface area contributed by atoms with Gasteiger partial charge in [0.1, 0.15) is 5.69 Å². The highest BCUT2D eigenvalue weighted by atomic mass is 16.2. The molecule has 1 aromatic heterocycles. The number of rotatable bonds is 0. The van der Waals surface area contributed by atoms with Crippen molar-refractivity contribution in [1.29, 1.82) is 0 Å². The summed E-state index contributed by atoms with van der Waals surface area (Å²) in [5, 5.41) is 9.13. The van der Waals surface area contributed by atoms with Crippen LogP contribution in [0.3, 0.4) is 0 Å². The summed E-state index contributed by atoms with van der Waals surface area (Å²) in [5.41, 5.74) is 7.84. The lowest BCUT2D eigenvalue weighted by atomic mass is 9.85. The van der Waals surface area contributed by atoms with Gasteiger partial charge in [0.2, 0.25) is 5.91 Å². The van der Waals surface area contributed by atoms with E-state index in [1.807, 2.05) is 29.5 Å². The van der Waals surface area contributed by atoms with Crippen LogP contribution in [0.2, 0.25) is 0 Å². The van der Waals surface area contributed by atoms with Crippen LogP contribution in [0.25, 0.3) is 22.5 Å². The van der Waals surface area contributed by atoms with Gasteiger partial charge in [-0.05, 0) is 44.4 Å². The van der Waals surface area contributed by atoms with Crippen molar-refractivity contribution in [2.75, 3.05) is 4.90 Å². The summed E-state index contributed by atoms with van der Waals surface area (Å²) < 4.78 is 2.05. The van der Waals surface area contributed by atoms with Crippen molar-refractivity contribution >= 4 is 11.6 Å². The molecule has 1 amide bonds. The molecule has 0 radical (unpaired) electrons. The second kappa shape index (κ2) is 4.30. The number of fused-ring (bicyclic) bond motifs is 1. The summed E-state index contributed by atoms with van der Waals surface area (Å²) in [6, 6.07) is 12.6. The van der Waals surface area contributed by atoms with Gasteiger partial charge in [-0.1, -0.05) is 41.6 Å². The van der Waals surface area contributed by atoms with Crippen molar-refractivity contribution in [2.45, 2.75) is 45.2 Å². The minimum atomic E-state index is -0.535. The molecule has 5 heteroatoms. The van der Waals surface area contributed by atoms with Crippen LogP contribution in [-0.4, -0.2) is 20.9 Å². The van der Waals surface area contributed by atoms with Crippen LogP contribution in [0.15, 0.2) is 36.4 Å². The topological polar surface area (TPSA) is 51.0 Å². The Kier molecular flexibility index (Phi) is 2.41. The first-order valence-corrected chi connectivity index (χ1v) is 9.38. The maximum absolute atomic E-state index is 13.3. The summed E-state index contributed by atoms with van der Waals surface area (Å²) in [5.74, 6) is 0.149. The SMILES string of the molecule is CC1(C)C(=O)N2Cc3cccc4c3-c3c(nnn3C4(C)C)-c3cccc1c32. The summed E-state index contributed by atoms with van der Waals surface area (Å²) in [6.45, 7) is 8.96. The number of amides is 1. The molecule has 3 aromatic rings. The summed E-state index contributed by atoms with van der Waals surface area (Å²) >= 11 is 0. The second-order valence-electron chi connectivity index (χ2n) is 8.82. The molecule has 0 saturated carbocycles. The molecule has 0 fully saturated rings. The molecule has 0 aliphatic carbocycles. The first-order valence-electron chi connectivity index (χ1n) is 9.38. The number of hydrogen-bond acceptors (Lipinski definition) is 3. The lowest BCUT2D eigenvalue weighted by Crippen LogP contribution is -2.36. The largest absolute Gasteiger partial charge is 0.306 e. The molecule has 0 N–H and O–H groups in total. The Bertz CT molecular complexity index is 1190. The van der Waals surface area contributed by atoms with Gasteiger partial charge in [-0.25, -0.2) is 4.68 Å². The summed E-state index contributed by atoms with van der Waals surface area (Å²) in [7, 11) is 0. The summed E-state index contributed by atoms with van der Waals surface area (Å²) in [4.78, 5) is 15.3. The van der Waals surface area contributed by atoms with Crippen molar-refractivity contribution < 1.29 is 4.79 Å². The van der Waals surface area contributed by atoms with Crippen molar-refractivity contribution in [3.63, 3.8) is 0 Å². The number of carbonyl (C=O) groups is 1. The molecule has 6 rings (SSSR count). The highest BCUT2D eigenvalue weighted by Crippen LogP contribution is 2.54. The molecule has 27 heavy (non-hydrogen) atoms. The molecular weight excluding hydrogens is 336 g/mol. The van der Waals surface area contributed by atoms with E-state index in [0.29, 0.717) is 6.54 Å². The molecule has 0 unspecified atom stereocenters. The molecule has 0 bridgehead atoms. The van der Waals surface area contributed by atoms with Gasteiger partial charge in [-0.2, -0.15) is 0 Å². The number of anilines is 1. The van der Waals surface area contributed by atoms with E-state index in [4.69, 9.17) is 0 Å². The third-order valence-electron chi connectivity index (χ3n) is 6.59.